The minimum absolute atomic E-state index is 0.129. The van der Waals surface area contributed by atoms with Gasteiger partial charge in [0.15, 0.2) is 23.0 Å². The molecular formula is C20H20N2O6. The largest absolute Gasteiger partial charge is 0.486 e. The molecule has 0 spiro atoms. The molecule has 8 nitrogen and oxygen atoms in total. The van der Waals surface area contributed by atoms with Crippen LogP contribution in [0.1, 0.15) is 6.42 Å². The molecule has 0 saturated heterocycles. The summed E-state index contributed by atoms with van der Waals surface area (Å²) in [7, 11) is 0. The third-order valence-electron chi connectivity index (χ3n) is 4.28. The first-order chi connectivity index (χ1) is 13.7. The van der Waals surface area contributed by atoms with Crippen LogP contribution in [0.25, 0.3) is 0 Å². The molecule has 0 aliphatic carbocycles. The van der Waals surface area contributed by atoms with Gasteiger partial charge in [0.1, 0.15) is 19.8 Å². The van der Waals surface area contributed by atoms with Crippen LogP contribution in [-0.2, 0) is 9.59 Å². The zero-order chi connectivity index (χ0) is 19.3. The lowest BCUT2D eigenvalue weighted by molar-refractivity contribution is -0.130. The molecule has 2 aromatic carbocycles. The Bertz CT molecular complexity index is 885. The molecule has 2 amide bonds. The first kappa shape index (κ1) is 18.0. The van der Waals surface area contributed by atoms with Gasteiger partial charge in [0.2, 0.25) is 12.0 Å². The van der Waals surface area contributed by atoms with E-state index in [1.807, 2.05) is 12.1 Å². The van der Waals surface area contributed by atoms with Gasteiger partial charge in [-0.3, -0.25) is 9.59 Å². The molecule has 0 radical (unpaired) electrons. The topological polar surface area (TPSA) is 95.1 Å². The number of carbonyl (C=O) groups is 2. The molecular weight excluding hydrogens is 364 g/mol. The van der Waals surface area contributed by atoms with Crippen LogP contribution in [0.3, 0.4) is 0 Å². The van der Waals surface area contributed by atoms with Crippen molar-refractivity contribution in [2.45, 2.75) is 12.5 Å². The third-order valence-corrected chi connectivity index (χ3v) is 4.28. The van der Waals surface area contributed by atoms with Crippen molar-refractivity contribution in [2.24, 2.45) is 0 Å². The highest BCUT2D eigenvalue weighted by molar-refractivity contribution is 5.91. The second kappa shape index (κ2) is 8.08. The van der Waals surface area contributed by atoms with Crippen LogP contribution < -0.4 is 29.6 Å². The Morgan fingerprint density at radius 1 is 0.929 bits per heavy atom. The van der Waals surface area contributed by atoms with Crippen molar-refractivity contribution in [3.63, 3.8) is 0 Å². The third kappa shape index (κ3) is 4.11. The van der Waals surface area contributed by atoms with Crippen molar-refractivity contribution in [3.8, 4) is 23.0 Å². The summed E-state index contributed by atoms with van der Waals surface area (Å²) in [6.07, 6.45) is -0.611. The highest BCUT2D eigenvalue weighted by Crippen LogP contribution is 2.33. The molecule has 2 aliphatic heterocycles. The fourth-order valence-corrected chi connectivity index (χ4v) is 2.91. The van der Waals surface area contributed by atoms with E-state index in [1.165, 1.54) is 0 Å². The minimum atomic E-state index is -0.740. The minimum Gasteiger partial charge on any atom is -0.486 e. The number of fused-ring (bicyclic) bond motifs is 2. The van der Waals surface area contributed by atoms with Gasteiger partial charge in [-0.1, -0.05) is 12.1 Å². The standard InChI is InChI=1S/C20H20N2O6/c23-19(22-13-5-6-15-17(11-13)26-10-9-25-15)7-8-21-20(24)18-12-27-14-3-1-2-4-16(14)28-18/h1-6,11,18H,7-10,12H2,(H,21,24)(H,22,23). The molecule has 0 fully saturated rings. The van der Waals surface area contributed by atoms with Gasteiger partial charge < -0.3 is 29.6 Å². The van der Waals surface area contributed by atoms with Gasteiger partial charge >= 0.3 is 0 Å². The fraction of sp³-hybridized carbons (Fsp3) is 0.300. The lowest BCUT2D eigenvalue weighted by atomic mass is 10.2. The molecule has 28 heavy (non-hydrogen) atoms. The van der Waals surface area contributed by atoms with E-state index in [9.17, 15) is 9.59 Å². The number of hydrogen-bond donors (Lipinski definition) is 2. The molecule has 2 aliphatic rings. The van der Waals surface area contributed by atoms with Gasteiger partial charge in [0, 0.05) is 24.7 Å². The Morgan fingerprint density at radius 3 is 2.54 bits per heavy atom. The predicted molar refractivity (Wildman–Crippen MR) is 100 cm³/mol. The van der Waals surface area contributed by atoms with Crippen molar-refractivity contribution in [2.75, 3.05) is 31.7 Å². The molecule has 146 valence electrons. The Labute approximate surface area is 161 Å². The maximum absolute atomic E-state index is 12.2. The molecule has 0 saturated carbocycles. The average molecular weight is 384 g/mol. The van der Waals surface area contributed by atoms with Crippen molar-refractivity contribution in [3.05, 3.63) is 42.5 Å². The molecule has 2 N–H and O–H groups in total. The summed E-state index contributed by atoms with van der Waals surface area (Å²) >= 11 is 0. The van der Waals surface area contributed by atoms with E-state index in [0.717, 1.165) is 0 Å². The van der Waals surface area contributed by atoms with Crippen LogP contribution in [0.4, 0.5) is 5.69 Å². The number of para-hydroxylation sites is 2. The van der Waals surface area contributed by atoms with Gasteiger partial charge in [-0.25, -0.2) is 0 Å². The quantitative estimate of drug-likeness (QED) is 0.816. The number of benzene rings is 2. The first-order valence-electron chi connectivity index (χ1n) is 9.05. The van der Waals surface area contributed by atoms with E-state index in [2.05, 4.69) is 10.6 Å². The van der Waals surface area contributed by atoms with E-state index >= 15 is 0 Å². The summed E-state index contributed by atoms with van der Waals surface area (Å²) in [5.74, 6) is 1.88. The molecule has 1 atom stereocenters. The fourth-order valence-electron chi connectivity index (χ4n) is 2.91. The van der Waals surface area contributed by atoms with Gasteiger partial charge in [-0.15, -0.1) is 0 Å². The van der Waals surface area contributed by atoms with E-state index in [-0.39, 0.29) is 31.4 Å². The zero-order valence-corrected chi connectivity index (χ0v) is 15.1. The van der Waals surface area contributed by atoms with Crippen LogP contribution in [0.5, 0.6) is 23.0 Å². The Balaban J connectivity index is 1.23. The van der Waals surface area contributed by atoms with E-state index in [4.69, 9.17) is 18.9 Å². The Kier molecular flexibility index (Phi) is 5.18. The lowest BCUT2D eigenvalue weighted by Crippen LogP contribution is -2.44. The maximum atomic E-state index is 12.2. The number of rotatable bonds is 5. The van der Waals surface area contributed by atoms with Gasteiger partial charge in [0.05, 0.1) is 0 Å². The molecule has 0 bridgehead atoms. The second-order valence-corrected chi connectivity index (χ2v) is 6.31. The number of ether oxygens (including phenoxy) is 4. The summed E-state index contributed by atoms with van der Waals surface area (Å²) in [5, 5.41) is 5.48. The molecule has 2 aromatic rings. The molecule has 0 aromatic heterocycles. The predicted octanol–water partition coefficient (Wildman–Crippen LogP) is 1.74. The molecule has 2 heterocycles. The number of amides is 2. The number of hydrogen-bond acceptors (Lipinski definition) is 6. The number of nitrogens with one attached hydrogen (secondary N) is 2. The average Bonchev–Trinajstić information content (AvgIpc) is 2.73. The number of carbonyl (C=O) groups excluding carboxylic acids is 2. The summed E-state index contributed by atoms with van der Waals surface area (Å²) < 4.78 is 22.1. The van der Waals surface area contributed by atoms with Crippen LogP contribution in [0, 0.1) is 0 Å². The summed E-state index contributed by atoms with van der Waals surface area (Å²) in [6.45, 7) is 1.32. The van der Waals surface area contributed by atoms with E-state index in [1.54, 1.807) is 30.3 Å². The van der Waals surface area contributed by atoms with Crippen molar-refractivity contribution >= 4 is 17.5 Å². The summed E-state index contributed by atoms with van der Waals surface area (Å²) in [6, 6.07) is 12.4. The van der Waals surface area contributed by atoms with E-state index < -0.39 is 6.10 Å². The molecule has 4 rings (SSSR count). The summed E-state index contributed by atoms with van der Waals surface area (Å²) in [5.41, 5.74) is 0.612. The first-order valence-corrected chi connectivity index (χ1v) is 9.05. The monoisotopic (exact) mass is 384 g/mol. The maximum Gasteiger partial charge on any atom is 0.264 e. The Hall–Kier alpha value is -3.42. The van der Waals surface area contributed by atoms with Gasteiger partial charge in [-0.2, -0.15) is 0 Å². The van der Waals surface area contributed by atoms with Crippen LogP contribution in [0.2, 0.25) is 0 Å². The van der Waals surface area contributed by atoms with Crippen LogP contribution in [0.15, 0.2) is 42.5 Å². The number of anilines is 1. The summed E-state index contributed by atoms with van der Waals surface area (Å²) in [4.78, 5) is 24.3. The smallest absolute Gasteiger partial charge is 0.264 e. The van der Waals surface area contributed by atoms with Gasteiger partial charge in [-0.05, 0) is 24.3 Å². The van der Waals surface area contributed by atoms with Crippen molar-refractivity contribution in [1.82, 2.24) is 5.32 Å². The van der Waals surface area contributed by atoms with Crippen LogP contribution in [-0.4, -0.2) is 44.3 Å². The highest BCUT2D eigenvalue weighted by atomic mass is 16.6. The molecule has 1 unspecified atom stereocenters. The van der Waals surface area contributed by atoms with Crippen molar-refractivity contribution < 1.29 is 28.5 Å². The zero-order valence-electron chi connectivity index (χ0n) is 15.1. The Morgan fingerprint density at radius 2 is 1.68 bits per heavy atom. The second-order valence-electron chi connectivity index (χ2n) is 6.31. The van der Waals surface area contributed by atoms with E-state index in [0.29, 0.717) is 41.9 Å². The lowest BCUT2D eigenvalue weighted by Gasteiger charge is -2.25. The van der Waals surface area contributed by atoms with Crippen LogP contribution >= 0.6 is 0 Å². The molecule has 8 heteroatoms. The SMILES string of the molecule is O=C(CCNC(=O)C1COc2ccccc2O1)Nc1ccc2c(c1)OCCO2. The highest BCUT2D eigenvalue weighted by Gasteiger charge is 2.27. The van der Waals surface area contributed by atoms with Gasteiger partial charge in [0.25, 0.3) is 5.91 Å². The van der Waals surface area contributed by atoms with Crippen molar-refractivity contribution in [1.29, 1.82) is 0 Å². The normalized spacial score (nSPS) is 16.8.